The van der Waals surface area contributed by atoms with E-state index in [1.165, 1.54) is 12.3 Å². The van der Waals surface area contributed by atoms with Gasteiger partial charge in [-0.3, -0.25) is 0 Å². The number of pyridine rings is 1. The lowest BCUT2D eigenvalue weighted by molar-refractivity contribution is -0.198. The highest BCUT2D eigenvalue weighted by molar-refractivity contribution is 5.74. The summed E-state index contributed by atoms with van der Waals surface area (Å²) in [7, 11) is 0. The molecule has 1 aliphatic carbocycles. The fraction of sp³-hybridized carbons (Fsp3) is 0.600. The molecule has 0 bridgehead atoms. The Morgan fingerprint density at radius 2 is 2.12 bits per heavy atom. The molecule has 1 heterocycles. The maximum atomic E-state index is 12.8. The zero-order valence-electron chi connectivity index (χ0n) is 13.2. The summed E-state index contributed by atoms with van der Waals surface area (Å²) < 4.78 is 66.9. The van der Waals surface area contributed by atoms with E-state index in [9.17, 15) is 26.7 Å². The smallest absolute Gasteiger partial charge is 0.391 e. The molecule has 10 heteroatoms. The number of hydrogen-bond donors (Lipinski definition) is 2. The maximum Gasteiger partial charge on any atom is 0.391 e. The highest BCUT2D eigenvalue weighted by atomic mass is 19.4. The number of carbonyl (C=O) groups is 1. The molecule has 1 atom stereocenters. The summed E-state index contributed by atoms with van der Waals surface area (Å²) in [6.45, 7) is -1.54. The number of nitrogens with one attached hydrogen (secondary N) is 2. The SMILES string of the molecule is O=C(NCc1ccnc(OCC(F)CF)c1)N[C@H]1C[C@H](C(F)(F)F)C1. The molecule has 25 heavy (non-hydrogen) atoms. The molecule has 1 fully saturated rings. The lowest BCUT2D eigenvalue weighted by atomic mass is 9.80. The number of ether oxygens (including phenoxy) is 1. The third-order valence-electron chi connectivity index (χ3n) is 3.77. The first-order chi connectivity index (χ1) is 11.8. The highest BCUT2D eigenvalue weighted by Gasteiger charge is 2.48. The predicted molar refractivity (Wildman–Crippen MR) is 78.5 cm³/mol. The van der Waals surface area contributed by atoms with Crippen LogP contribution < -0.4 is 15.4 Å². The van der Waals surface area contributed by atoms with Crippen LogP contribution in [0.3, 0.4) is 0 Å². The largest absolute Gasteiger partial charge is 0.474 e. The van der Waals surface area contributed by atoms with Gasteiger partial charge < -0.3 is 15.4 Å². The molecule has 0 saturated heterocycles. The molecule has 1 aromatic heterocycles. The van der Waals surface area contributed by atoms with E-state index in [-0.39, 0.29) is 25.3 Å². The lowest BCUT2D eigenvalue weighted by Gasteiger charge is -2.36. The standard InChI is InChI=1S/C15H18F5N3O2/c16-6-11(17)8-25-13-3-9(1-2-21-13)7-22-14(24)23-12-4-10(5-12)15(18,19)20/h1-3,10-12H,4-8H2,(H2,22,23,24)/t10-,11?,12-. The number of urea groups is 1. The summed E-state index contributed by atoms with van der Waals surface area (Å²) in [5.41, 5.74) is 0.595. The van der Waals surface area contributed by atoms with Crippen molar-refractivity contribution in [2.24, 2.45) is 5.92 Å². The van der Waals surface area contributed by atoms with Crippen LogP contribution in [0.2, 0.25) is 0 Å². The number of aromatic nitrogens is 1. The third-order valence-corrected chi connectivity index (χ3v) is 3.77. The van der Waals surface area contributed by atoms with Crippen LogP contribution >= 0.6 is 0 Å². The van der Waals surface area contributed by atoms with E-state index in [4.69, 9.17) is 4.74 Å². The van der Waals surface area contributed by atoms with Gasteiger partial charge in [-0.05, 0) is 24.5 Å². The molecule has 0 aromatic carbocycles. The number of amides is 2. The van der Waals surface area contributed by atoms with Crippen LogP contribution in [-0.4, -0.2) is 42.7 Å². The topological polar surface area (TPSA) is 63.2 Å². The van der Waals surface area contributed by atoms with Gasteiger partial charge in [-0.1, -0.05) is 0 Å². The number of hydrogen-bond acceptors (Lipinski definition) is 3. The van der Waals surface area contributed by atoms with E-state index in [0.717, 1.165) is 0 Å². The number of halogens is 5. The van der Waals surface area contributed by atoms with Gasteiger partial charge in [-0.25, -0.2) is 18.6 Å². The normalized spacial score (nSPS) is 21.2. The van der Waals surface area contributed by atoms with Crippen molar-refractivity contribution in [3.63, 3.8) is 0 Å². The zero-order valence-corrected chi connectivity index (χ0v) is 13.2. The molecule has 5 nitrogen and oxygen atoms in total. The Morgan fingerprint density at radius 1 is 1.40 bits per heavy atom. The van der Waals surface area contributed by atoms with Gasteiger partial charge in [-0.2, -0.15) is 13.2 Å². The van der Waals surface area contributed by atoms with Crippen LogP contribution in [0.4, 0.5) is 26.7 Å². The molecule has 1 saturated carbocycles. The van der Waals surface area contributed by atoms with Gasteiger partial charge in [0.05, 0.1) is 5.92 Å². The van der Waals surface area contributed by atoms with Crippen LogP contribution in [0, 0.1) is 5.92 Å². The van der Waals surface area contributed by atoms with Crippen molar-refractivity contribution in [2.45, 2.75) is 37.8 Å². The van der Waals surface area contributed by atoms with Gasteiger partial charge in [0.25, 0.3) is 0 Å². The third kappa shape index (κ3) is 6.02. The second kappa shape index (κ2) is 8.30. The fourth-order valence-corrected chi connectivity index (χ4v) is 2.28. The Bertz CT molecular complexity index is 579. The summed E-state index contributed by atoms with van der Waals surface area (Å²) in [5.74, 6) is -1.27. The van der Waals surface area contributed by atoms with E-state index >= 15 is 0 Å². The maximum absolute atomic E-state index is 12.8. The van der Waals surface area contributed by atoms with E-state index in [1.54, 1.807) is 6.07 Å². The average Bonchev–Trinajstić information content (AvgIpc) is 2.52. The van der Waals surface area contributed by atoms with E-state index in [2.05, 4.69) is 15.6 Å². The monoisotopic (exact) mass is 367 g/mol. The molecule has 0 aliphatic heterocycles. The van der Waals surface area contributed by atoms with Gasteiger partial charge in [0.15, 0.2) is 6.17 Å². The minimum absolute atomic E-state index is 0.0856. The summed E-state index contributed by atoms with van der Waals surface area (Å²) in [4.78, 5) is 15.5. The number of nitrogens with zero attached hydrogens (tertiary/aromatic N) is 1. The van der Waals surface area contributed by atoms with Gasteiger partial charge in [-0.15, -0.1) is 0 Å². The molecular formula is C15H18F5N3O2. The number of carbonyl (C=O) groups excluding carboxylic acids is 1. The van der Waals surface area contributed by atoms with Gasteiger partial charge in [0, 0.05) is 24.8 Å². The van der Waals surface area contributed by atoms with Crippen molar-refractivity contribution in [2.75, 3.05) is 13.3 Å². The quantitative estimate of drug-likeness (QED) is 0.729. The van der Waals surface area contributed by atoms with Crippen molar-refractivity contribution in [1.82, 2.24) is 15.6 Å². The molecule has 0 radical (unpaired) electrons. The Balaban J connectivity index is 1.71. The molecule has 1 aliphatic rings. The minimum Gasteiger partial charge on any atom is -0.474 e. The van der Waals surface area contributed by atoms with Gasteiger partial charge >= 0.3 is 12.2 Å². The second-order valence-corrected chi connectivity index (χ2v) is 5.80. The molecular weight excluding hydrogens is 349 g/mol. The summed E-state index contributed by atoms with van der Waals surface area (Å²) in [6.07, 6.45) is -4.82. The Morgan fingerprint density at radius 3 is 2.76 bits per heavy atom. The van der Waals surface area contributed by atoms with Crippen LogP contribution in [0.25, 0.3) is 0 Å². The summed E-state index contributed by atoms with van der Waals surface area (Å²) >= 11 is 0. The number of rotatable bonds is 7. The van der Waals surface area contributed by atoms with Crippen molar-refractivity contribution < 1.29 is 31.5 Å². The van der Waals surface area contributed by atoms with Crippen molar-refractivity contribution in [3.8, 4) is 5.88 Å². The minimum atomic E-state index is -4.22. The van der Waals surface area contributed by atoms with E-state index < -0.39 is 43.6 Å². The Kier molecular flexibility index (Phi) is 6.38. The summed E-state index contributed by atoms with van der Waals surface area (Å²) in [6, 6.07) is 1.96. The lowest BCUT2D eigenvalue weighted by Crippen LogP contribution is -2.51. The summed E-state index contributed by atoms with van der Waals surface area (Å²) in [5, 5.41) is 4.97. The fourth-order valence-electron chi connectivity index (χ4n) is 2.28. The van der Waals surface area contributed by atoms with Gasteiger partial charge in [0.1, 0.15) is 13.3 Å². The molecule has 2 amide bonds. The first-order valence-electron chi connectivity index (χ1n) is 7.66. The Labute approximate surface area is 140 Å². The molecule has 1 unspecified atom stereocenters. The van der Waals surface area contributed by atoms with E-state index in [1.807, 2.05) is 0 Å². The van der Waals surface area contributed by atoms with Gasteiger partial charge in [0.2, 0.25) is 5.88 Å². The van der Waals surface area contributed by atoms with Crippen LogP contribution in [-0.2, 0) is 6.54 Å². The Hall–Kier alpha value is -2.13. The average molecular weight is 367 g/mol. The van der Waals surface area contributed by atoms with Crippen LogP contribution in [0.15, 0.2) is 18.3 Å². The van der Waals surface area contributed by atoms with Crippen molar-refractivity contribution in [1.29, 1.82) is 0 Å². The first-order valence-corrected chi connectivity index (χ1v) is 7.66. The highest BCUT2D eigenvalue weighted by Crippen LogP contribution is 2.40. The van der Waals surface area contributed by atoms with Crippen LogP contribution in [0.1, 0.15) is 18.4 Å². The van der Waals surface area contributed by atoms with E-state index in [0.29, 0.717) is 5.56 Å². The molecule has 2 N–H and O–H groups in total. The van der Waals surface area contributed by atoms with Crippen molar-refractivity contribution >= 4 is 6.03 Å². The zero-order chi connectivity index (χ0) is 18.4. The molecule has 1 aromatic rings. The number of alkyl halides is 5. The molecule has 2 rings (SSSR count). The second-order valence-electron chi connectivity index (χ2n) is 5.80. The van der Waals surface area contributed by atoms with Crippen LogP contribution in [0.5, 0.6) is 5.88 Å². The predicted octanol–water partition coefficient (Wildman–Crippen LogP) is 2.91. The molecule has 0 spiro atoms. The van der Waals surface area contributed by atoms with Crippen molar-refractivity contribution in [3.05, 3.63) is 23.9 Å². The first kappa shape index (κ1) is 19.2. The molecule has 140 valence electrons.